The van der Waals surface area contributed by atoms with Crippen molar-refractivity contribution in [2.75, 3.05) is 19.5 Å². The Kier molecular flexibility index (Phi) is 9.45. The maximum atomic E-state index is 15.2. The SMILES string of the molecule is COc1cc(Nc2ncc3c(n2)-c2ccc(Cl)cc2C(c2c(F)cccc2OC)=NC3)ccc1C(=O)O[C@@H]1O[C@H](C(=O)O)[C@@H](O)[C@H](O)[C@H]1O. The summed E-state index contributed by atoms with van der Waals surface area (Å²) < 4.78 is 36.2. The lowest BCUT2D eigenvalue weighted by molar-refractivity contribution is -0.278. The summed E-state index contributed by atoms with van der Waals surface area (Å²) in [4.78, 5) is 38.3. The maximum absolute atomic E-state index is 15.2. The van der Waals surface area contributed by atoms with E-state index in [0.717, 1.165) is 0 Å². The minimum atomic E-state index is -1.95. The third-order valence-corrected chi connectivity index (χ3v) is 8.14. The number of halogens is 2. The average molecular weight is 695 g/mol. The Morgan fingerprint density at radius 1 is 0.980 bits per heavy atom. The summed E-state index contributed by atoms with van der Waals surface area (Å²) in [6, 6.07) is 13.9. The van der Waals surface area contributed by atoms with Crippen LogP contribution in [0, 0.1) is 5.82 Å². The number of carboxylic acid groups (broad SMARTS) is 1. The Bertz CT molecular complexity index is 1980. The van der Waals surface area contributed by atoms with Crippen molar-refractivity contribution in [2.45, 2.75) is 37.3 Å². The van der Waals surface area contributed by atoms with E-state index in [2.05, 4.69) is 10.3 Å². The van der Waals surface area contributed by atoms with Crippen molar-refractivity contribution in [1.29, 1.82) is 0 Å². The first-order chi connectivity index (χ1) is 23.5. The van der Waals surface area contributed by atoms with E-state index in [9.17, 15) is 30.0 Å². The largest absolute Gasteiger partial charge is 0.496 e. The summed E-state index contributed by atoms with van der Waals surface area (Å²) in [5.74, 6) is -2.74. The molecule has 0 aliphatic carbocycles. The number of hydrogen-bond donors (Lipinski definition) is 5. The highest BCUT2D eigenvalue weighted by Gasteiger charge is 2.48. The van der Waals surface area contributed by atoms with Crippen LogP contribution < -0.4 is 14.8 Å². The van der Waals surface area contributed by atoms with Gasteiger partial charge in [-0.1, -0.05) is 23.7 Å². The van der Waals surface area contributed by atoms with Gasteiger partial charge in [-0.05, 0) is 36.4 Å². The molecule has 2 aliphatic rings. The quantitative estimate of drug-likeness (QED) is 0.169. The van der Waals surface area contributed by atoms with Gasteiger partial charge in [-0.3, -0.25) is 4.99 Å². The Balaban J connectivity index is 1.27. The number of nitrogens with one attached hydrogen (secondary N) is 1. The lowest BCUT2D eigenvalue weighted by atomic mass is 9.94. The summed E-state index contributed by atoms with van der Waals surface area (Å²) in [6.45, 7) is 0.127. The van der Waals surface area contributed by atoms with Crippen molar-refractivity contribution in [3.05, 3.63) is 93.9 Å². The highest BCUT2D eigenvalue weighted by atomic mass is 35.5. The van der Waals surface area contributed by atoms with Crippen molar-refractivity contribution in [3.8, 4) is 22.8 Å². The van der Waals surface area contributed by atoms with Crippen LogP contribution in [0.3, 0.4) is 0 Å². The van der Waals surface area contributed by atoms with Gasteiger partial charge in [0.2, 0.25) is 12.2 Å². The molecule has 5 N–H and O–H groups in total. The van der Waals surface area contributed by atoms with Crippen LogP contribution in [-0.2, 0) is 20.8 Å². The first kappa shape index (κ1) is 33.7. The van der Waals surface area contributed by atoms with Gasteiger partial charge in [0, 0.05) is 39.7 Å². The number of aromatic nitrogens is 2. The van der Waals surface area contributed by atoms with Crippen LogP contribution in [0.5, 0.6) is 11.5 Å². The van der Waals surface area contributed by atoms with Crippen LogP contribution in [0.25, 0.3) is 11.3 Å². The summed E-state index contributed by atoms with van der Waals surface area (Å²) in [5, 5.41) is 42.9. The fraction of sp³-hybridized carbons (Fsp3) is 0.242. The zero-order valence-electron chi connectivity index (χ0n) is 25.7. The van der Waals surface area contributed by atoms with Gasteiger partial charge in [0.15, 0.2) is 6.10 Å². The lowest BCUT2D eigenvalue weighted by Gasteiger charge is -2.37. The molecule has 0 radical (unpaired) electrons. The molecule has 0 spiro atoms. The fourth-order valence-corrected chi connectivity index (χ4v) is 5.66. The standard InChI is InChI=1S/C33H28ClFN4O10/c1-46-21-5-3-4-20(35)23(21)25-19-10-15(34)6-8-17(19)24-14(12-36-25)13-37-33(39-24)38-16-7-9-18(22(11-16)47-2)31(45)49-32-28(42)26(40)27(41)29(48-32)30(43)44/h3-11,13,26-29,32,40-42H,12H2,1-2H3,(H,43,44)(H,37,38,39)/t26-,27-,28+,29-,32-/m0/s1. The molecular formula is C33H28ClFN4O10. The van der Waals surface area contributed by atoms with Crippen LogP contribution >= 0.6 is 11.6 Å². The number of ether oxygens (including phenoxy) is 4. The number of rotatable bonds is 8. The van der Waals surface area contributed by atoms with Gasteiger partial charge in [-0.15, -0.1) is 0 Å². The molecule has 14 nitrogen and oxygen atoms in total. The van der Waals surface area contributed by atoms with Crippen LogP contribution in [-0.4, -0.2) is 93.0 Å². The van der Waals surface area contributed by atoms with Crippen molar-refractivity contribution in [3.63, 3.8) is 0 Å². The highest BCUT2D eigenvalue weighted by Crippen LogP contribution is 2.37. The molecule has 0 bridgehead atoms. The zero-order valence-corrected chi connectivity index (χ0v) is 26.5. The number of esters is 1. The first-order valence-electron chi connectivity index (χ1n) is 14.6. The second kappa shape index (κ2) is 13.7. The van der Waals surface area contributed by atoms with Gasteiger partial charge in [0.25, 0.3) is 0 Å². The number of benzene rings is 3. The van der Waals surface area contributed by atoms with E-state index in [1.165, 1.54) is 38.5 Å². The molecule has 2 aliphatic heterocycles. The molecule has 6 rings (SSSR count). The minimum absolute atomic E-state index is 0.0160. The van der Waals surface area contributed by atoms with Crippen LogP contribution in [0.2, 0.25) is 5.02 Å². The molecule has 49 heavy (non-hydrogen) atoms. The van der Waals surface area contributed by atoms with Crippen LogP contribution in [0.1, 0.15) is 27.0 Å². The van der Waals surface area contributed by atoms with E-state index < -0.39 is 48.5 Å². The van der Waals surface area contributed by atoms with Gasteiger partial charge < -0.3 is 44.7 Å². The number of methoxy groups -OCH3 is 2. The molecule has 16 heteroatoms. The lowest BCUT2D eigenvalue weighted by Crippen LogP contribution is -2.60. The summed E-state index contributed by atoms with van der Waals surface area (Å²) >= 11 is 6.38. The normalized spacial score (nSPS) is 21.4. The van der Waals surface area contributed by atoms with Gasteiger partial charge >= 0.3 is 11.9 Å². The number of carboxylic acids is 1. The molecule has 1 fully saturated rings. The fourth-order valence-electron chi connectivity index (χ4n) is 5.49. The van der Waals surface area contributed by atoms with Crippen molar-refractivity contribution in [2.24, 2.45) is 4.99 Å². The second-order valence-corrected chi connectivity index (χ2v) is 11.4. The van der Waals surface area contributed by atoms with Crippen LogP contribution in [0.4, 0.5) is 16.0 Å². The number of nitrogens with zero attached hydrogens (tertiary/aromatic N) is 3. The Hall–Kier alpha value is -5.19. The molecule has 0 saturated carbocycles. The highest BCUT2D eigenvalue weighted by molar-refractivity contribution is 6.31. The van der Waals surface area contributed by atoms with E-state index in [-0.39, 0.29) is 29.4 Å². The Morgan fingerprint density at radius 3 is 2.49 bits per heavy atom. The van der Waals surface area contributed by atoms with E-state index in [4.69, 9.17) is 40.5 Å². The number of aliphatic carboxylic acids is 1. The average Bonchev–Trinajstić information content (AvgIpc) is 3.24. The van der Waals surface area contributed by atoms with Crippen molar-refractivity contribution >= 4 is 40.9 Å². The van der Waals surface area contributed by atoms with E-state index in [1.807, 2.05) is 0 Å². The minimum Gasteiger partial charge on any atom is -0.496 e. The molecule has 0 unspecified atom stereocenters. The number of hydrogen-bond acceptors (Lipinski definition) is 13. The summed E-state index contributed by atoms with van der Waals surface area (Å²) in [6.07, 6.45) is -8.09. The van der Waals surface area contributed by atoms with Gasteiger partial charge in [-0.25, -0.2) is 23.9 Å². The topological polar surface area (TPSA) is 202 Å². The van der Waals surface area contributed by atoms with Gasteiger partial charge in [0.05, 0.1) is 37.7 Å². The molecule has 3 heterocycles. The predicted octanol–water partition coefficient (Wildman–Crippen LogP) is 3.10. The van der Waals surface area contributed by atoms with Crippen molar-refractivity contribution < 1.29 is 53.4 Å². The van der Waals surface area contributed by atoms with Crippen LogP contribution in [0.15, 0.2) is 65.8 Å². The number of aliphatic hydroxyl groups excluding tert-OH is 3. The number of aliphatic imine (C=N–C) groups is 1. The van der Waals surface area contributed by atoms with Crippen molar-refractivity contribution in [1.82, 2.24) is 9.97 Å². The molecule has 5 atom stereocenters. The molecule has 3 aromatic carbocycles. The first-order valence-corrected chi connectivity index (χ1v) is 15.0. The van der Waals surface area contributed by atoms with Gasteiger partial charge in [0.1, 0.15) is 41.2 Å². The third kappa shape index (κ3) is 6.49. The number of fused-ring (bicyclic) bond motifs is 3. The molecule has 254 valence electrons. The number of anilines is 2. The molecule has 1 aromatic heterocycles. The zero-order chi connectivity index (χ0) is 35.0. The molecule has 0 amide bonds. The van der Waals surface area contributed by atoms with E-state index in [0.29, 0.717) is 44.6 Å². The van der Waals surface area contributed by atoms with E-state index in [1.54, 1.807) is 36.5 Å². The second-order valence-electron chi connectivity index (χ2n) is 10.9. The Labute approximate surface area is 282 Å². The molecular weight excluding hydrogens is 667 g/mol. The molecule has 4 aromatic rings. The number of carbonyl (C=O) groups excluding carboxylic acids is 1. The summed E-state index contributed by atoms with van der Waals surface area (Å²) in [7, 11) is 2.74. The summed E-state index contributed by atoms with van der Waals surface area (Å²) in [5.41, 5.74) is 3.11. The number of aliphatic hydroxyl groups is 3. The third-order valence-electron chi connectivity index (χ3n) is 7.91. The van der Waals surface area contributed by atoms with Gasteiger partial charge in [-0.2, -0.15) is 0 Å². The van der Waals surface area contributed by atoms with E-state index >= 15 is 4.39 Å². The maximum Gasteiger partial charge on any atom is 0.344 e. The predicted molar refractivity (Wildman–Crippen MR) is 171 cm³/mol. The monoisotopic (exact) mass is 694 g/mol. The molecule has 1 saturated heterocycles. The number of carbonyl (C=O) groups is 2. The smallest absolute Gasteiger partial charge is 0.344 e. The Morgan fingerprint density at radius 2 is 1.76 bits per heavy atom.